The molecule has 0 aromatic heterocycles. The lowest BCUT2D eigenvalue weighted by atomic mass is 9.47. The van der Waals surface area contributed by atoms with E-state index in [2.05, 4.69) is 37.6 Å². The van der Waals surface area contributed by atoms with E-state index in [0.29, 0.717) is 16.6 Å². The fraction of sp³-hybridized carbons (Fsp3) is 0.909. The van der Waals surface area contributed by atoms with E-state index in [1.807, 2.05) is 10.8 Å². The first kappa shape index (κ1) is 19.7. The topological polar surface area (TPSA) is 40.5 Å². The van der Waals surface area contributed by atoms with Crippen molar-refractivity contribution in [3.8, 4) is 0 Å². The van der Waals surface area contributed by atoms with E-state index in [-0.39, 0.29) is 17.6 Å². The molecule has 0 aliphatic heterocycles. The molecule has 2 N–H and O–H groups in total. The smallest absolute Gasteiger partial charge is 0.0724 e. The molecule has 3 fully saturated rings. The Labute approximate surface area is 167 Å². The van der Waals surface area contributed by atoms with Gasteiger partial charge in [0.15, 0.2) is 0 Å². The van der Waals surface area contributed by atoms with Gasteiger partial charge >= 0.3 is 0 Å². The van der Waals surface area contributed by atoms with Gasteiger partial charge in [0.2, 0.25) is 0 Å². The maximum Gasteiger partial charge on any atom is 0.0724 e. The van der Waals surface area contributed by atoms with E-state index in [0.717, 1.165) is 24.7 Å². The minimum Gasteiger partial charge on any atom is -0.393 e. The van der Waals surface area contributed by atoms with Crippen LogP contribution in [-0.2, 0) is 0 Å². The second-order valence-corrected chi connectivity index (χ2v) is 12.9. The third-order valence-corrected chi connectivity index (χ3v) is 11.4. The van der Waals surface area contributed by atoms with Crippen molar-refractivity contribution in [1.82, 2.24) is 0 Å². The van der Waals surface area contributed by atoms with E-state index in [9.17, 15) is 10.2 Å². The summed E-state index contributed by atoms with van der Waals surface area (Å²) in [4.78, 5) is 0. The quantitative estimate of drug-likeness (QED) is 0.490. The Morgan fingerprint density at radius 1 is 1.08 bits per heavy atom. The van der Waals surface area contributed by atoms with Crippen LogP contribution in [0.15, 0.2) is 11.6 Å². The summed E-state index contributed by atoms with van der Waals surface area (Å²) in [6.07, 6.45) is 11.2. The molecule has 7 atom stereocenters. The summed E-state index contributed by atoms with van der Waals surface area (Å²) >= 11 is 0. The summed E-state index contributed by atoms with van der Waals surface area (Å²) in [7, 11) is 4.09. The van der Waals surface area contributed by atoms with Gasteiger partial charge in [-0.2, -0.15) is 0 Å². The summed E-state index contributed by atoms with van der Waals surface area (Å²) in [6, 6.07) is 0. The number of aliphatic hydroxyl groups excluding tert-OH is 2. The Morgan fingerprint density at radius 3 is 2.65 bits per heavy atom. The maximum atomic E-state index is 10.7. The molecular formula is C22H36O2S2. The van der Waals surface area contributed by atoms with Crippen molar-refractivity contribution in [3.05, 3.63) is 11.6 Å². The summed E-state index contributed by atoms with van der Waals surface area (Å²) in [5, 5.41) is 21.6. The largest absolute Gasteiger partial charge is 0.393 e. The van der Waals surface area contributed by atoms with Crippen molar-refractivity contribution < 1.29 is 10.2 Å². The number of fused-ring (bicyclic) bond motifs is 5. The highest BCUT2D eigenvalue weighted by molar-refractivity contribution is 8.76. The molecule has 0 spiro atoms. The van der Waals surface area contributed by atoms with Crippen LogP contribution in [-0.4, -0.2) is 33.4 Å². The first-order chi connectivity index (χ1) is 12.4. The highest BCUT2D eigenvalue weighted by Crippen LogP contribution is 2.66. The molecule has 2 nitrogen and oxygen atoms in total. The van der Waals surface area contributed by atoms with Crippen LogP contribution in [0.3, 0.4) is 0 Å². The third-order valence-electron chi connectivity index (χ3n) is 8.34. The molecule has 0 aromatic carbocycles. The molecule has 0 amide bonds. The fourth-order valence-electron chi connectivity index (χ4n) is 7.02. The van der Waals surface area contributed by atoms with Gasteiger partial charge in [-0.25, -0.2) is 0 Å². The van der Waals surface area contributed by atoms with Crippen LogP contribution in [0.1, 0.15) is 72.1 Å². The van der Waals surface area contributed by atoms with Gasteiger partial charge in [0.1, 0.15) is 0 Å². The van der Waals surface area contributed by atoms with Crippen LogP contribution in [0, 0.1) is 28.6 Å². The number of rotatable bonds is 4. The average molecular weight is 397 g/mol. The molecule has 3 saturated carbocycles. The van der Waals surface area contributed by atoms with Gasteiger partial charge < -0.3 is 10.2 Å². The molecule has 4 heteroatoms. The van der Waals surface area contributed by atoms with E-state index in [1.165, 1.54) is 44.3 Å². The standard InChI is InChI=1S/C22H36O2S2/c1-14(2)26-25-13-22-11-8-16(23)12-15(22)4-5-17-18-6-7-20(24)21(18,3)10-9-19(17)22/h12,14,16-20,23-24H,4-11,13H2,1-3H3/t16-,17+,18+,19+,20+,21+,22-/m1/s1. The fourth-order valence-corrected chi connectivity index (χ4v) is 9.77. The van der Waals surface area contributed by atoms with Crippen molar-refractivity contribution in [2.75, 3.05) is 5.75 Å². The first-order valence-electron chi connectivity index (χ1n) is 10.7. The Balaban J connectivity index is 1.63. The molecule has 0 saturated heterocycles. The van der Waals surface area contributed by atoms with E-state index in [4.69, 9.17) is 0 Å². The lowest BCUT2D eigenvalue weighted by molar-refractivity contribution is -0.0748. The zero-order chi connectivity index (χ0) is 18.5. The van der Waals surface area contributed by atoms with E-state index >= 15 is 0 Å². The summed E-state index contributed by atoms with van der Waals surface area (Å²) in [5.74, 6) is 3.47. The number of hydrogen-bond acceptors (Lipinski definition) is 4. The third kappa shape index (κ3) is 3.11. The Bertz CT molecular complexity index is 562. The second-order valence-electron chi connectivity index (χ2n) is 9.91. The molecule has 0 radical (unpaired) electrons. The van der Waals surface area contributed by atoms with Gasteiger partial charge in [-0.05, 0) is 74.5 Å². The average Bonchev–Trinajstić information content (AvgIpc) is 2.90. The molecule has 0 bridgehead atoms. The zero-order valence-electron chi connectivity index (χ0n) is 16.6. The molecule has 4 aliphatic carbocycles. The lowest BCUT2D eigenvalue weighted by Crippen LogP contribution is -2.53. The van der Waals surface area contributed by atoms with Crippen LogP contribution in [0.2, 0.25) is 0 Å². The molecular weight excluding hydrogens is 360 g/mol. The van der Waals surface area contributed by atoms with Gasteiger partial charge in [0, 0.05) is 16.4 Å². The van der Waals surface area contributed by atoms with Crippen molar-refractivity contribution in [1.29, 1.82) is 0 Å². The van der Waals surface area contributed by atoms with Crippen LogP contribution in [0.4, 0.5) is 0 Å². The Hall–Kier alpha value is 0.360. The minimum atomic E-state index is -0.223. The highest BCUT2D eigenvalue weighted by Gasteiger charge is 2.59. The molecule has 4 rings (SSSR count). The van der Waals surface area contributed by atoms with Gasteiger partial charge in [0.05, 0.1) is 12.2 Å². The number of aliphatic hydroxyl groups is 2. The van der Waals surface area contributed by atoms with Gasteiger partial charge in [-0.1, -0.05) is 54.0 Å². The predicted molar refractivity (Wildman–Crippen MR) is 113 cm³/mol. The van der Waals surface area contributed by atoms with Gasteiger partial charge in [-0.15, -0.1) is 0 Å². The van der Waals surface area contributed by atoms with Gasteiger partial charge in [0.25, 0.3) is 0 Å². The van der Waals surface area contributed by atoms with Gasteiger partial charge in [-0.3, -0.25) is 0 Å². The first-order valence-corrected chi connectivity index (χ1v) is 13.1. The Kier molecular flexibility index (Phi) is 5.53. The van der Waals surface area contributed by atoms with E-state index < -0.39 is 0 Å². The van der Waals surface area contributed by atoms with Crippen molar-refractivity contribution in [2.45, 2.75) is 89.6 Å². The monoisotopic (exact) mass is 396 g/mol. The summed E-state index contributed by atoms with van der Waals surface area (Å²) < 4.78 is 0. The second kappa shape index (κ2) is 7.31. The summed E-state index contributed by atoms with van der Waals surface area (Å²) in [5.41, 5.74) is 2.05. The summed E-state index contributed by atoms with van der Waals surface area (Å²) in [6.45, 7) is 6.94. The molecule has 148 valence electrons. The molecule has 4 aliphatic rings. The van der Waals surface area contributed by atoms with Crippen LogP contribution in [0.5, 0.6) is 0 Å². The zero-order valence-corrected chi connectivity index (χ0v) is 18.2. The lowest BCUT2D eigenvalue weighted by Gasteiger charge is -2.59. The molecule has 26 heavy (non-hydrogen) atoms. The van der Waals surface area contributed by atoms with Crippen LogP contribution < -0.4 is 0 Å². The molecule has 0 aromatic rings. The van der Waals surface area contributed by atoms with E-state index in [1.54, 1.807) is 5.57 Å². The minimum absolute atomic E-state index is 0.0830. The Morgan fingerprint density at radius 2 is 1.88 bits per heavy atom. The van der Waals surface area contributed by atoms with Crippen molar-refractivity contribution in [3.63, 3.8) is 0 Å². The maximum absolute atomic E-state index is 10.7. The number of hydrogen-bond donors (Lipinski definition) is 2. The molecule has 0 heterocycles. The normalized spacial score (nSPS) is 47.9. The molecule has 0 unspecified atom stereocenters. The SMILES string of the molecule is CC(C)SSC[C@]12CC[C@@H](O)C=C1CC[C@@H]1[C@@H]2CC[C@]2(C)[C@@H](O)CC[C@@H]12. The van der Waals surface area contributed by atoms with Crippen molar-refractivity contribution >= 4 is 21.6 Å². The van der Waals surface area contributed by atoms with Crippen LogP contribution in [0.25, 0.3) is 0 Å². The van der Waals surface area contributed by atoms with Crippen LogP contribution >= 0.6 is 21.6 Å². The predicted octanol–water partition coefficient (Wildman–Crippen LogP) is 5.44. The highest BCUT2D eigenvalue weighted by atomic mass is 33.1. The number of allylic oxidation sites excluding steroid dienone is 1. The van der Waals surface area contributed by atoms with Crippen molar-refractivity contribution in [2.24, 2.45) is 28.6 Å².